The van der Waals surface area contributed by atoms with Gasteiger partial charge in [0.2, 0.25) is 5.91 Å². The molecule has 1 heterocycles. The summed E-state index contributed by atoms with van der Waals surface area (Å²) in [6, 6.07) is 10.1. The Morgan fingerprint density at radius 3 is 2.67 bits per heavy atom. The molecular formula is C17H21NO3. The average molecular weight is 287 g/mol. The lowest BCUT2D eigenvalue weighted by atomic mass is 9.85. The third-order valence-corrected chi connectivity index (χ3v) is 4.65. The Bertz CT molecular complexity index is 520. The number of amides is 1. The van der Waals surface area contributed by atoms with Gasteiger partial charge in [-0.15, -0.1) is 0 Å². The first-order valence-electron chi connectivity index (χ1n) is 7.73. The van der Waals surface area contributed by atoms with Crippen molar-refractivity contribution in [2.75, 3.05) is 6.54 Å². The van der Waals surface area contributed by atoms with Gasteiger partial charge in [-0.1, -0.05) is 30.3 Å². The SMILES string of the molecule is O=C1C[C@H](C(=O)NCCc2ccccc2)C2(CCCC2)O1. The summed E-state index contributed by atoms with van der Waals surface area (Å²) >= 11 is 0. The maximum Gasteiger partial charge on any atom is 0.307 e. The highest BCUT2D eigenvalue weighted by Gasteiger charge is 2.53. The standard InChI is InChI=1S/C17H21NO3/c19-15-12-14(17(21-15)9-4-5-10-17)16(20)18-11-8-13-6-2-1-3-7-13/h1-3,6-7,14H,4-5,8-12H2,(H,18,20)/t14-/m1/s1. The summed E-state index contributed by atoms with van der Waals surface area (Å²) in [5.74, 6) is -0.554. The molecule has 1 atom stereocenters. The average Bonchev–Trinajstić information content (AvgIpc) is 3.07. The first-order valence-corrected chi connectivity index (χ1v) is 7.73. The largest absolute Gasteiger partial charge is 0.458 e. The van der Waals surface area contributed by atoms with Gasteiger partial charge in [-0.05, 0) is 37.7 Å². The number of carbonyl (C=O) groups excluding carboxylic acids is 2. The number of rotatable bonds is 4. The number of hydrogen-bond acceptors (Lipinski definition) is 3. The molecule has 1 aromatic rings. The van der Waals surface area contributed by atoms with E-state index >= 15 is 0 Å². The fourth-order valence-electron chi connectivity index (χ4n) is 3.55. The van der Waals surface area contributed by atoms with E-state index in [0.29, 0.717) is 6.54 Å². The second kappa shape index (κ2) is 5.88. The first-order chi connectivity index (χ1) is 10.2. The van der Waals surface area contributed by atoms with Crippen molar-refractivity contribution in [2.45, 2.75) is 44.1 Å². The molecule has 0 bridgehead atoms. The van der Waals surface area contributed by atoms with Crippen LogP contribution in [0.3, 0.4) is 0 Å². The van der Waals surface area contributed by atoms with E-state index < -0.39 is 5.60 Å². The minimum atomic E-state index is -0.506. The Balaban J connectivity index is 1.56. The van der Waals surface area contributed by atoms with Gasteiger partial charge in [-0.3, -0.25) is 9.59 Å². The number of benzene rings is 1. The molecule has 1 aliphatic carbocycles. The Hall–Kier alpha value is -1.84. The minimum absolute atomic E-state index is 0.0290. The summed E-state index contributed by atoms with van der Waals surface area (Å²) in [6.45, 7) is 0.601. The zero-order valence-electron chi connectivity index (χ0n) is 12.1. The lowest BCUT2D eigenvalue weighted by Gasteiger charge is -2.27. The summed E-state index contributed by atoms with van der Waals surface area (Å²) in [7, 11) is 0. The molecular weight excluding hydrogens is 266 g/mol. The lowest BCUT2D eigenvalue weighted by Crippen LogP contribution is -2.43. The topological polar surface area (TPSA) is 55.4 Å². The second-order valence-corrected chi connectivity index (χ2v) is 6.03. The van der Waals surface area contributed by atoms with Gasteiger partial charge < -0.3 is 10.1 Å². The van der Waals surface area contributed by atoms with Crippen molar-refractivity contribution in [3.05, 3.63) is 35.9 Å². The molecule has 4 heteroatoms. The van der Waals surface area contributed by atoms with Crippen LogP contribution in [0.2, 0.25) is 0 Å². The van der Waals surface area contributed by atoms with Crippen molar-refractivity contribution in [3.8, 4) is 0 Å². The van der Waals surface area contributed by atoms with Crippen LogP contribution >= 0.6 is 0 Å². The quantitative estimate of drug-likeness (QED) is 0.864. The van der Waals surface area contributed by atoms with E-state index in [1.54, 1.807) is 0 Å². The number of carbonyl (C=O) groups is 2. The summed E-state index contributed by atoms with van der Waals surface area (Å²) in [5, 5.41) is 2.97. The molecule has 2 fully saturated rings. The monoisotopic (exact) mass is 287 g/mol. The summed E-state index contributed by atoms with van der Waals surface area (Å²) in [4.78, 5) is 24.0. The van der Waals surface area contributed by atoms with Crippen LogP contribution in [0.25, 0.3) is 0 Å². The Morgan fingerprint density at radius 2 is 1.95 bits per heavy atom. The second-order valence-electron chi connectivity index (χ2n) is 6.03. The van der Waals surface area contributed by atoms with Crippen molar-refractivity contribution in [3.63, 3.8) is 0 Å². The number of hydrogen-bond donors (Lipinski definition) is 1. The molecule has 112 valence electrons. The van der Waals surface area contributed by atoms with Crippen LogP contribution in [-0.4, -0.2) is 24.0 Å². The van der Waals surface area contributed by atoms with Gasteiger partial charge in [0.15, 0.2) is 0 Å². The Labute approximate surface area is 124 Å². The number of esters is 1. The van der Waals surface area contributed by atoms with E-state index in [-0.39, 0.29) is 24.2 Å². The molecule has 1 spiro atoms. The van der Waals surface area contributed by atoms with E-state index in [2.05, 4.69) is 5.32 Å². The highest BCUT2D eigenvalue weighted by atomic mass is 16.6. The van der Waals surface area contributed by atoms with E-state index in [9.17, 15) is 9.59 Å². The summed E-state index contributed by atoms with van der Waals surface area (Å²) in [6.07, 6.45) is 4.78. The molecule has 1 amide bonds. The fourth-order valence-corrected chi connectivity index (χ4v) is 3.55. The molecule has 1 aromatic carbocycles. The number of nitrogens with one attached hydrogen (secondary N) is 1. The van der Waals surface area contributed by atoms with E-state index in [4.69, 9.17) is 4.74 Å². The van der Waals surface area contributed by atoms with Gasteiger partial charge in [-0.2, -0.15) is 0 Å². The summed E-state index contributed by atoms with van der Waals surface area (Å²) < 4.78 is 5.51. The molecule has 1 aliphatic heterocycles. The van der Waals surface area contributed by atoms with Crippen molar-refractivity contribution >= 4 is 11.9 Å². The predicted molar refractivity (Wildman–Crippen MR) is 78.6 cm³/mol. The molecule has 21 heavy (non-hydrogen) atoms. The van der Waals surface area contributed by atoms with E-state index in [0.717, 1.165) is 32.1 Å². The minimum Gasteiger partial charge on any atom is -0.458 e. The van der Waals surface area contributed by atoms with Crippen LogP contribution in [0.1, 0.15) is 37.7 Å². The molecule has 0 aromatic heterocycles. The zero-order chi connectivity index (χ0) is 14.7. The Morgan fingerprint density at radius 1 is 1.24 bits per heavy atom. The van der Waals surface area contributed by atoms with Crippen LogP contribution in [0.4, 0.5) is 0 Å². The lowest BCUT2D eigenvalue weighted by molar-refractivity contribution is -0.149. The molecule has 1 saturated carbocycles. The van der Waals surface area contributed by atoms with Gasteiger partial charge in [0.1, 0.15) is 5.60 Å². The predicted octanol–water partition coefficient (Wildman–Crippen LogP) is 2.22. The smallest absolute Gasteiger partial charge is 0.307 e. The third-order valence-electron chi connectivity index (χ3n) is 4.65. The molecule has 1 saturated heterocycles. The molecule has 0 radical (unpaired) electrons. The highest BCUT2D eigenvalue weighted by Crippen LogP contribution is 2.45. The van der Waals surface area contributed by atoms with Crippen molar-refractivity contribution in [1.29, 1.82) is 0 Å². The van der Waals surface area contributed by atoms with Crippen molar-refractivity contribution in [1.82, 2.24) is 5.32 Å². The normalized spacial score (nSPS) is 23.2. The Kier molecular flexibility index (Phi) is 3.95. The first kappa shape index (κ1) is 14.1. The van der Waals surface area contributed by atoms with E-state index in [1.807, 2.05) is 30.3 Å². The highest BCUT2D eigenvalue weighted by molar-refractivity contribution is 5.87. The summed E-state index contributed by atoms with van der Waals surface area (Å²) in [5.41, 5.74) is 0.695. The van der Waals surface area contributed by atoms with E-state index in [1.165, 1.54) is 5.56 Å². The van der Waals surface area contributed by atoms with Crippen LogP contribution in [0.5, 0.6) is 0 Å². The van der Waals surface area contributed by atoms with Crippen LogP contribution in [-0.2, 0) is 20.7 Å². The van der Waals surface area contributed by atoms with Crippen LogP contribution < -0.4 is 5.32 Å². The molecule has 1 N–H and O–H groups in total. The number of ether oxygens (including phenoxy) is 1. The molecule has 0 unspecified atom stereocenters. The van der Waals surface area contributed by atoms with Gasteiger partial charge in [-0.25, -0.2) is 0 Å². The molecule has 4 nitrogen and oxygen atoms in total. The van der Waals surface area contributed by atoms with Crippen LogP contribution in [0, 0.1) is 5.92 Å². The maximum absolute atomic E-state index is 12.4. The van der Waals surface area contributed by atoms with Crippen molar-refractivity contribution in [2.24, 2.45) is 5.92 Å². The molecule has 3 rings (SSSR count). The van der Waals surface area contributed by atoms with Crippen LogP contribution in [0.15, 0.2) is 30.3 Å². The third kappa shape index (κ3) is 2.94. The van der Waals surface area contributed by atoms with Gasteiger partial charge >= 0.3 is 5.97 Å². The molecule has 2 aliphatic rings. The van der Waals surface area contributed by atoms with Gasteiger partial charge in [0.25, 0.3) is 0 Å². The zero-order valence-corrected chi connectivity index (χ0v) is 12.1. The van der Waals surface area contributed by atoms with Gasteiger partial charge in [0.05, 0.1) is 12.3 Å². The van der Waals surface area contributed by atoms with Crippen molar-refractivity contribution < 1.29 is 14.3 Å². The fraction of sp³-hybridized carbons (Fsp3) is 0.529. The van der Waals surface area contributed by atoms with Gasteiger partial charge in [0, 0.05) is 6.54 Å². The maximum atomic E-state index is 12.4.